The predicted molar refractivity (Wildman–Crippen MR) is 73.5 cm³/mol. The maximum absolute atomic E-state index is 10.8. The van der Waals surface area contributed by atoms with E-state index in [9.17, 15) is 13.2 Å². The number of carbonyl (C=O) groups excluding carboxylic acids is 1. The van der Waals surface area contributed by atoms with Gasteiger partial charge >= 0.3 is 0 Å². The van der Waals surface area contributed by atoms with Crippen molar-refractivity contribution in [3.8, 4) is 0 Å². The highest BCUT2D eigenvalue weighted by molar-refractivity contribution is 7.90. The van der Waals surface area contributed by atoms with Crippen LogP contribution < -0.4 is 10.2 Å². The lowest BCUT2D eigenvalue weighted by atomic mass is 10.2. The lowest BCUT2D eigenvalue weighted by molar-refractivity contribution is -0.117. The van der Waals surface area contributed by atoms with Crippen molar-refractivity contribution >= 4 is 21.8 Å². The first-order chi connectivity index (χ1) is 8.56. The van der Waals surface area contributed by atoms with E-state index in [4.69, 9.17) is 4.84 Å². The van der Waals surface area contributed by atoms with Crippen molar-refractivity contribution in [2.75, 3.05) is 0 Å². The van der Waals surface area contributed by atoms with Gasteiger partial charge in [-0.2, -0.15) is 4.99 Å². The smallest absolute Gasteiger partial charge is 0.240 e. The van der Waals surface area contributed by atoms with E-state index in [2.05, 4.69) is 17.1 Å². The largest absolute Gasteiger partial charge is 0.361 e. The second-order valence-corrected chi connectivity index (χ2v) is 6.74. The van der Waals surface area contributed by atoms with Crippen molar-refractivity contribution in [1.82, 2.24) is 10.2 Å². The number of amides is 1. The lowest BCUT2D eigenvalue weighted by Gasteiger charge is -2.06. The Hall–Kier alpha value is -1.57. The van der Waals surface area contributed by atoms with Gasteiger partial charge in [-0.15, -0.1) is 0 Å². The molecule has 0 fully saturated rings. The van der Waals surface area contributed by atoms with Crippen LogP contribution in [0.5, 0.6) is 0 Å². The van der Waals surface area contributed by atoms with Gasteiger partial charge in [0.25, 0.3) is 0 Å². The van der Waals surface area contributed by atoms with Gasteiger partial charge in [-0.05, 0) is 20.4 Å². The molecule has 1 rings (SSSR count). The average molecular weight is 291 g/mol. The average Bonchev–Trinajstić information content (AvgIpc) is 2.63. The number of hydroxylamine groups is 1. The van der Waals surface area contributed by atoms with Crippen LogP contribution in [-0.2, 0) is 19.7 Å². The van der Waals surface area contributed by atoms with Gasteiger partial charge in [0.05, 0.1) is 5.25 Å². The number of nitrogens with one attached hydrogen (secondary N) is 2. The molecule has 0 atom stereocenters. The van der Waals surface area contributed by atoms with Crippen LogP contribution in [0.4, 0.5) is 0 Å². The molecule has 0 unspecified atom stereocenters. The second kappa shape index (κ2) is 7.13. The van der Waals surface area contributed by atoms with Gasteiger partial charge in [0.1, 0.15) is 5.84 Å². The third-order valence-electron chi connectivity index (χ3n) is 1.97. The minimum Gasteiger partial charge on any atom is -0.361 e. The van der Waals surface area contributed by atoms with Gasteiger partial charge in [0, 0.05) is 12.8 Å². The fraction of sp³-hybridized carbons (Fsp3) is 0.636. The molecule has 7 nitrogen and oxygen atoms in total. The molecule has 0 bridgehead atoms. The normalized spacial score (nSPS) is 14.3. The molecule has 0 spiro atoms. The first kappa shape index (κ1) is 17.4. The Bertz CT molecular complexity index is 466. The van der Waals surface area contributed by atoms with Crippen LogP contribution in [0.2, 0.25) is 0 Å². The van der Waals surface area contributed by atoms with Crippen LogP contribution in [0.25, 0.3) is 0 Å². The molecule has 0 radical (unpaired) electrons. The number of hydrogen-bond acceptors (Lipinski definition) is 6. The molecule has 19 heavy (non-hydrogen) atoms. The third-order valence-corrected chi connectivity index (χ3v) is 3.79. The number of sulfonamides is 1. The molecule has 0 saturated carbocycles. The Morgan fingerprint density at radius 3 is 2.05 bits per heavy atom. The Kier molecular flexibility index (Phi) is 6.54. The molecule has 1 amide bonds. The lowest BCUT2D eigenvalue weighted by Crippen LogP contribution is -2.34. The maximum atomic E-state index is 10.8. The Morgan fingerprint density at radius 2 is 1.89 bits per heavy atom. The van der Waals surface area contributed by atoms with E-state index < -0.39 is 21.2 Å². The minimum absolute atomic E-state index is 0.379. The van der Waals surface area contributed by atoms with Crippen molar-refractivity contribution in [1.29, 1.82) is 0 Å². The highest BCUT2D eigenvalue weighted by Gasteiger charge is 2.15. The van der Waals surface area contributed by atoms with Crippen LogP contribution >= 0.6 is 0 Å². The van der Waals surface area contributed by atoms with E-state index in [1.165, 1.54) is 20.8 Å². The highest BCUT2D eigenvalue weighted by atomic mass is 32.2. The summed E-state index contributed by atoms with van der Waals surface area (Å²) in [6.07, 6.45) is 0. The number of carbonyl (C=O) groups is 1. The SMILES string of the molecule is C=C1N=C(C(C)C)NO1.CC(=O)NS(=O)(=O)C(C)C. The third kappa shape index (κ3) is 6.80. The van der Waals surface area contributed by atoms with Crippen molar-refractivity contribution in [2.45, 2.75) is 39.9 Å². The molecule has 110 valence electrons. The van der Waals surface area contributed by atoms with E-state index in [1.807, 2.05) is 18.6 Å². The Morgan fingerprint density at radius 1 is 1.37 bits per heavy atom. The summed E-state index contributed by atoms with van der Waals surface area (Å²) in [5, 5.41) is -0.559. The number of amidine groups is 1. The van der Waals surface area contributed by atoms with E-state index in [1.54, 1.807) is 0 Å². The van der Waals surface area contributed by atoms with E-state index in [0.29, 0.717) is 11.8 Å². The molecule has 1 heterocycles. The molecule has 8 heteroatoms. The number of hydrogen-bond donors (Lipinski definition) is 2. The zero-order valence-corrected chi connectivity index (χ0v) is 12.7. The first-order valence-corrected chi connectivity index (χ1v) is 7.33. The summed E-state index contributed by atoms with van der Waals surface area (Å²) < 4.78 is 23.5. The topological polar surface area (TPSA) is 96.9 Å². The summed E-state index contributed by atoms with van der Waals surface area (Å²) in [6, 6.07) is 0. The van der Waals surface area contributed by atoms with E-state index >= 15 is 0 Å². The second-order valence-electron chi connectivity index (χ2n) is 4.50. The van der Waals surface area contributed by atoms with Gasteiger partial charge in [-0.25, -0.2) is 13.9 Å². The van der Waals surface area contributed by atoms with Gasteiger partial charge in [0.15, 0.2) is 0 Å². The fourth-order valence-corrected chi connectivity index (χ4v) is 1.49. The van der Waals surface area contributed by atoms with Crippen molar-refractivity contribution in [2.24, 2.45) is 10.9 Å². The molecule has 1 aliphatic heterocycles. The monoisotopic (exact) mass is 291 g/mol. The van der Waals surface area contributed by atoms with Crippen molar-refractivity contribution < 1.29 is 18.0 Å². The molecule has 2 N–H and O–H groups in total. The highest BCUT2D eigenvalue weighted by Crippen LogP contribution is 2.06. The van der Waals surface area contributed by atoms with E-state index in [-0.39, 0.29) is 0 Å². The molecule has 0 aromatic heterocycles. The maximum Gasteiger partial charge on any atom is 0.240 e. The summed E-state index contributed by atoms with van der Waals surface area (Å²) >= 11 is 0. The zero-order valence-electron chi connectivity index (χ0n) is 11.9. The molecular weight excluding hydrogens is 270 g/mol. The van der Waals surface area contributed by atoms with Crippen LogP contribution in [0, 0.1) is 5.92 Å². The Balaban J connectivity index is 0.000000342. The molecule has 0 aromatic carbocycles. The Labute approximate surface area is 114 Å². The summed E-state index contributed by atoms with van der Waals surface area (Å²) in [6.45, 7) is 11.8. The standard InChI is InChI=1S/C6H10N2O.C5H11NO3S/c1-4(2)6-7-5(3)9-8-6;1-4(2)10(8,9)6-5(3)7/h4H,3H2,1-2H3,(H,7,8);4H,1-3H3,(H,6,7). The first-order valence-electron chi connectivity index (χ1n) is 5.78. The molecule has 0 saturated heterocycles. The fourth-order valence-electron chi connectivity index (χ4n) is 0.856. The molecule has 0 aromatic rings. The van der Waals surface area contributed by atoms with Gasteiger partial charge < -0.3 is 4.84 Å². The number of nitrogens with zero attached hydrogens (tertiary/aromatic N) is 1. The van der Waals surface area contributed by atoms with Crippen molar-refractivity contribution in [3.05, 3.63) is 12.5 Å². The van der Waals surface area contributed by atoms with Crippen LogP contribution in [0.1, 0.15) is 34.6 Å². The van der Waals surface area contributed by atoms with Gasteiger partial charge in [-0.1, -0.05) is 13.8 Å². The van der Waals surface area contributed by atoms with Crippen molar-refractivity contribution in [3.63, 3.8) is 0 Å². The van der Waals surface area contributed by atoms with Crippen LogP contribution in [0.3, 0.4) is 0 Å². The quantitative estimate of drug-likeness (QED) is 0.805. The summed E-state index contributed by atoms with van der Waals surface area (Å²) in [5.41, 5.74) is 2.66. The summed E-state index contributed by atoms with van der Waals surface area (Å²) in [5.74, 6) is 1.12. The number of rotatable bonds is 3. The van der Waals surface area contributed by atoms with Gasteiger partial charge in [0.2, 0.25) is 21.8 Å². The minimum atomic E-state index is -3.40. The molecule has 1 aliphatic rings. The van der Waals surface area contributed by atoms with E-state index in [0.717, 1.165) is 5.84 Å². The predicted octanol–water partition coefficient (Wildman–Crippen LogP) is 0.908. The summed E-state index contributed by atoms with van der Waals surface area (Å²) in [7, 11) is -3.40. The summed E-state index contributed by atoms with van der Waals surface area (Å²) in [4.78, 5) is 19.0. The molecular formula is C11H21N3O4S. The van der Waals surface area contributed by atoms with Gasteiger partial charge in [-0.3, -0.25) is 9.52 Å². The van der Waals surface area contributed by atoms with Crippen LogP contribution in [0.15, 0.2) is 17.5 Å². The number of aliphatic imine (C=N–C) groups is 1. The molecule has 0 aliphatic carbocycles. The zero-order chi connectivity index (χ0) is 15.2. The van der Waals surface area contributed by atoms with Crippen LogP contribution in [-0.4, -0.2) is 25.4 Å².